The lowest BCUT2D eigenvalue weighted by atomic mass is 10.1. The Kier molecular flexibility index (Phi) is 6.69. The quantitative estimate of drug-likeness (QED) is 0.365. The fourth-order valence-corrected chi connectivity index (χ4v) is 2.39. The average Bonchev–Trinajstić information content (AvgIpc) is 3.02. The maximum Gasteiger partial charge on any atom is 0.349 e. The van der Waals surface area contributed by atoms with E-state index in [-0.39, 0.29) is 12.2 Å². The van der Waals surface area contributed by atoms with Gasteiger partial charge in [-0.2, -0.15) is 5.26 Å². The van der Waals surface area contributed by atoms with Gasteiger partial charge >= 0.3 is 5.97 Å². The number of ether oxygens (including phenoxy) is 1. The van der Waals surface area contributed by atoms with E-state index in [4.69, 9.17) is 32.4 Å². The van der Waals surface area contributed by atoms with Crippen LogP contribution in [0.3, 0.4) is 0 Å². The fraction of sp³-hybridized carbons (Fsp3) is 0.263. The smallest absolute Gasteiger partial charge is 0.349 e. The monoisotopic (exact) mass is 377 g/mol. The van der Waals surface area contributed by atoms with E-state index in [1.807, 2.05) is 19.9 Å². The van der Waals surface area contributed by atoms with Gasteiger partial charge in [0.05, 0.1) is 11.6 Å². The summed E-state index contributed by atoms with van der Waals surface area (Å²) < 4.78 is 10.7. The first-order valence-corrected chi connectivity index (χ1v) is 8.50. The Morgan fingerprint density at radius 2 is 2.08 bits per heavy atom. The summed E-state index contributed by atoms with van der Waals surface area (Å²) in [4.78, 5) is 11.9. The van der Waals surface area contributed by atoms with E-state index in [1.54, 1.807) is 30.3 Å². The molecule has 0 radical (unpaired) electrons. The number of rotatable bonds is 6. The van der Waals surface area contributed by atoms with E-state index in [2.05, 4.69) is 0 Å². The van der Waals surface area contributed by atoms with Gasteiger partial charge in [0, 0.05) is 16.7 Å². The summed E-state index contributed by atoms with van der Waals surface area (Å²) in [5.74, 6) is 0.590. The first kappa shape index (κ1) is 19.1. The highest BCUT2D eigenvalue weighted by Crippen LogP contribution is 2.32. The minimum atomic E-state index is -0.665. The summed E-state index contributed by atoms with van der Waals surface area (Å²) in [6.45, 7) is 4.33. The molecule has 2 rings (SSSR count). The molecule has 0 fully saturated rings. The van der Waals surface area contributed by atoms with Gasteiger partial charge < -0.3 is 9.15 Å². The van der Waals surface area contributed by atoms with E-state index < -0.39 is 5.97 Å². The van der Waals surface area contributed by atoms with Gasteiger partial charge in [0.15, 0.2) is 0 Å². The molecule has 0 saturated carbocycles. The maximum absolute atomic E-state index is 11.9. The average molecular weight is 378 g/mol. The molecule has 0 bridgehead atoms. The zero-order chi connectivity index (χ0) is 18.4. The van der Waals surface area contributed by atoms with Crippen LogP contribution in [0.1, 0.15) is 26.0 Å². The Balaban J connectivity index is 2.17. The maximum atomic E-state index is 11.9. The third kappa shape index (κ3) is 5.38. The van der Waals surface area contributed by atoms with Crippen LogP contribution in [0.5, 0.6) is 0 Å². The van der Waals surface area contributed by atoms with E-state index in [1.165, 1.54) is 6.08 Å². The van der Waals surface area contributed by atoms with Gasteiger partial charge in [0.2, 0.25) is 0 Å². The van der Waals surface area contributed by atoms with Gasteiger partial charge in [-0.25, -0.2) is 4.79 Å². The second-order valence-corrected chi connectivity index (χ2v) is 6.66. The number of carbonyl (C=O) groups is 1. The summed E-state index contributed by atoms with van der Waals surface area (Å²) >= 11 is 12.1. The number of carbonyl (C=O) groups excluding carboxylic acids is 1. The van der Waals surface area contributed by atoms with Gasteiger partial charge in [-0.15, -0.1) is 0 Å². The van der Waals surface area contributed by atoms with Crippen molar-refractivity contribution in [3.8, 4) is 17.4 Å². The number of hydrogen-bond donors (Lipinski definition) is 0. The number of benzene rings is 1. The van der Waals surface area contributed by atoms with Crippen molar-refractivity contribution >= 4 is 35.2 Å². The first-order valence-electron chi connectivity index (χ1n) is 7.75. The van der Waals surface area contributed by atoms with Gasteiger partial charge in [-0.3, -0.25) is 0 Å². The predicted octanol–water partition coefficient (Wildman–Crippen LogP) is 5.75. The molecule has 0 aliphatic rings. The molecule has 1 aromatic carbocycles. The van der Waals surface area contributed by atoms with Crippen LogP contribution in [0.2, 0.25) is 10.0 Å². The Morgan fingerprint density at radius 3 is 2.76 bits per heavy atom. The van der Waals surface area contributed by atoms with E-state index in [0.29, 0.717) is 33.0 Å². The normalized spacial score (nSPS) is 11.4. The molecule has 0 N–H and O–H groups in total. The van der Waals surface area contributed by atoms with Gasteiger partial charge in [-0.1, -0.05) is 37.0 Å². The summed E-state index contributed by atoms with van der Waals surface area (Å²) in [6, 6.07) is 10.2. The number of esters is 1. The zero-order valence-corrected chi connectivity index (χ0v) is 15.4. The Labute approximate surface area is 156 Å². The van der Waals surface area contributed by atoms with Crippen molar-refractivity contribution in [3.63, 3.8) is 0 Å². The molecule has 130 valence electrons. The van der Waals surface area contributed by atoms with Crippen LogP contribution in [0, 0.1) is 17.2 Å². The van der Waals surface area contributed by atoms with Crippen LogP contribution in [0.15, 0.2) is 40.3 Å². The Morgan fingerprint density at radius 1 is 1.32 bits per heavy atom. The Hall–Kier alpha value is -2.22. The highest BCUT2D eigenvalue weighted by Gasteiger charge is 2.14. The molecule has 4 nitrogen and oxygen atoms in total. The van der Waals surface area contributed by atoms with Crippen LogP contribution < -0.4 is 0 Å². The summed E-state index contributed by atoms with van der Waals surface area (Å²) in [5.41, 5.74) is 0.508. The summed E-state index contributed by atoms with van der Waals surface area (Å²) in [7, 11) is 0. The molecule has 1 heterocycles. The first-order chi connectivity index (χ1) is 11.9. The van der Waals surface area contributed by atoms with Crippen LogP contribution in [-0.2, 0) is 9.53 Å². The van der Waals surface area contributed by atoms with Crippen molar-refractivity contribution in [2.45, 2.75) is 20.3 Å². The molecule has 6 heteroatoms. The molecule has 0 spiro atoms. The van der Waals surface area contributed by atoms with Crippen molar-refractivity contribution in [3.05, 3.63) is 51.7 Å². The number of furan rings is 1. The van der Waals surface area contributed by atoms with Gasteiger partial charge in [0.25, 0.3) is 0 Å². The zero-order valence-electron chi connectivity index (χ0n) is 13.9. The third-order valence-electron chi connectivity index (χ3n) is 3.38. The summed E-state index contributed by atoms with van der Waals surface area (Å²) in [6.07, 6.45) is 2.09. The number of nitrogens with zero attached hydrogens (tertiary/aromatic N) is 1. The van der Waals surface area contributed by atoms with Crippen molar-refractivity contribution in [2.24, 2.45) is 5.92 Å². The van der Waals surface area contributed by atoms with E-state index in [0.717, 1.165) is 6.42 Å². The standard InChI is InChI=1S/C19H17Cl2NO3/c1-12(2)7-8-24-19(23)13(11-22)9-15-4-6-18(25-15)16-10-14(20)3-5-17(16)21/h3-6,9-10,12H,7-8H2,1-2H3. The Bertz CT molecular complexity index is 831. The molecule has 0 saturated heterocycles. The fourth-order valence-electron chi connectivity index (χ4n) is 2.01. The van der Waals surface area contributed by atoms with Crippen LogP contribution >= 0.6 is 23.2 Å². The van der Waals surface area contributed by atoms with Crippen molar-refractivity contribution < 1.29 is 13.9 Å². The van der Waals surface area contributed by atoms with Crippen molar-refractivity contribution in [2.75, 3.05) is 6.61 Å². The van der Waals surface area contributed by atoms with E-state index >= 15 is 0 Å². The van der Waals surface area contributed by atoms with Gasteiger partial charge in [0.1, 0.15) is 23.2 Å². The molecule has 0 amide bonds. The highest BCUT2D eigenvalue weighted by molar-refractivity contribution is 6.35. The van der Waals surface area contributed by atoms with Crippen molar-refractivity contribution in [1.82, 2.24) is 0 Å². The van der Waals surface area contributed by atoms with Crippen molar-refractivity contribution in [1.29, 1.82) is 5.26 Å². The van der Waals surface area contributed by atoms with Crippen LogP contribution in [0.25, 0.3) is 17.4 Å². The molecule has 25 heavy (non-hydrogen) atoms. The van der Waals surface area contributed by atoms with E-state index in [9.17, 15) is 10.1 Å². The minimum Gasteiger partial charge on any atom is -0.462 e. The molecule has 0 unspecified atom stereocenters. The number of nitriles is 1. The minimum absolute atomic E-state index is 0.123. The SMILES string of the molecule is CC(C)CCOC(=O)C(C#N)=Cc1ccc(-c2cc(Cl)ccc2Cl)o1. The van der Waals surface area contributed by atoms with Gasteiger partial charge in [-0.05, 0) is 42.7 Å². The lowest BCUT2D eigenvalue weighted by Crippen LogP contribution is -2.09. The molecule has 0 atom stereocenters. The molecule has 1 aromatic heterocycles. The second kappa shape index (κ2) is 8.75. The second-order valence-electron chi connectivity index (χ2n) is 5.81. The number of hydrogen-bond acceptors (Lipinski definition) is 4. The topological polar surface area (TPSA) is 63.2 Å². The van der Waals surface area contributed by atoms with Crippen LogP contribution in [-0.4, -0.2) is 12.6 Å². The highest BCUT2D eigenvalue weighted by atomic mass is 35.5. The lowest BCUT2D eigenvalue weighted by Gasteiger charge is -2.05. The molecule has 0 aliphatic heterocycles. The lowest BCUT2D eigenvalue weighted by molar-refractivity contribution is -0.138. The molecular weight excluding hydrogens is 361 g/mol. The third-order valence-corrected chi connectivity index (χ3v) is 3.94. The predicted molar refractivity (Wildman–Crippen MR) is 98.2 cm³/mol. The molecule has 2 aromatic rings. The summed E-state index contributed by atoms with van der Waals surface area (Å²) in [5, 5.41) is 10.2. The number of halogens is 2. The molecular formula is C19H17Cl2NO3. The van der Waals surface area contributed by atoms with Crippen LogP contribution in [0.4, 0.5) is 0 Å². The molecule has 0 aliphatic carbocycles. The largest absolute Gasteiger partial charge is 0.462 e.